The van der Waals surface area contributed by atoms with Crippen LogP contribution in [-0.4, -0.2) is 22.4 Å². The van der Waals surface area contributed by atoms with Crippen molar-refractivity contribution in [3.63, 3.8) is 0 Å². The van der Waals surface area contributed by atoms with Crippen molar-refractivity contribution in [3.8, 4) is 34.5 Å². The van der Waals surface area contributed by atoms with Gasteiger partial charge in [0, 0.05) is 10.8 Å². The Balaban J connectivity index is 1.37. The molecule has 6 aromatic carbocycles. The minimum atomic E-state index is -0.467. The van der Waals surface area contributed by atoms with Crippen molar-refractivity contribution < 1.29 is 24.4 Å². The summed E-state index contributed by atoms with van der Waals surface area (Å²) in [5.74, 6) is 3.53. The summed E-state index contributed by atoms with van der Waals surface area (Å²) in [4.78, 5) is 0. The Bertz CT molecular complexity index is 1840. The van der Waals surface area contributed by atoms with Crippen molar-refractivity contribution in [2.75, 3.05) is 0 Å². The van der Waals surface area contributed by atoms with Crippen molar-refractivity contribution in [1.29, 1.82) is 0 Å². The highest BCUT2D eigenvalue weighted by molar-refractivity contribution is 5.38. The van der Waals surface area contributed by atoms with Crippen LogP contribution in [0.1, 0.15) is 49.9 Å². The average molecular weight is 679 g/mol. The monoisotopic (exact) mass is 678 g/mol. The zero-order valence-electron chi connectivity index (χ0n) is 29.7. The molecule has 2 atom stereocenters. The third-order valence-corrected chi connectivity index (χ3v) is 9.76. The van der Waals surface area contributed by atoms with Crippen LogP contribution in [0.25, 0.3) is 0 Å². The van der Waals surface area contributed by atoms with Crippen LogP contribution in [0, 0.1) is 0 Å². The number of aromatic hydroxyl groups is 2. The van der Waals surface area contributed by atoms with Gasteiger partial charge in [-0.15, -0.1) is 0 Å². The van der Waals surface area contributed by atoms with Crippen LogP contribution in [0.15, 0.2) is 158 Å². The van der Waals surface area contributed by atoms with E-state index in [2.05, 4.69) is 52.0 Å². The smallest absolute Gasteiger partial charge is 0.127 e. The first-order valence-corrected chi connectivity index (χ1v) is 17.4. The van der Waals surface area contributed by atoms with Crippen molar-refractivity contribution in [2.24, 2.45) is 0 Å². The highest BCUT2D eigenvalue weighted by Crippen LogP contribution is 2.39. The van der Waals surface area contributed by atoms with Crippen LogP contribution < -0.4 is 9.47 Å². The van der Waals surface area contributed by atoms with Gasteiger partial charge in [0.1, 0.15) is 34.5 Å². The fourth-order valence-electron chi connectivity index (χ4n) is 6.45. The Kier molecular flexibility index (Phi) is 10.8. The van der Waals surface area contributed by atoms with Gasteiger partial charge >= 0.3 is 0 Å². The lowest BCUT2D eigenvalue weighted by atomic mass is 9.74. The van der Waals surface area contributed by atoms with Crippen LogP contribution in [0.2, 0.25) is 0 Å². The lowest BCUT2D eigenvalue weighted by Gasteiger charge is -2.43. The largest absolute Gasteiger partial charge is 0.508 e. The van der Waals surface area contributed by atoms with Gasteiger partial charge in [-0.3, -0.25) is 0 Å². The Hall–Kier alpha value is -5.52. The van der Waals surface area contributed by atoms with Crippen LogP contribution in [0.5, 0.6) is 34.5 Å². The van der Waals surface area contributed by atoms with Gasteiger partial charge in [0.15, 0.2) is 0 Å². The summed E-state index contributed by atoms with van der Waals surface area (Å²) in [5, 5.41) is 20.3. The quantitative estimate of drug-likeness (QED) is 0.120. The van der Waals surface area contributed by atoms with Gasteiger partial charge in [-0.25, -0.2) is 0 Å². The number of para-hydroxylation sites is 2. The molecular weight excluding hydrogens is 633 g/mol. The summed E-state index contributed by atoms with van der Waals surface area (Å²) in [6, 6.07) is 50.8. The van der Waals surface area contributed by atoms with Gasteiger partial charge in [-0.2, -0.15) is 0 Å². The van der Waals surface area contributed by atoms with Gasteiger partial charge in [-0.1, -0.05) is 113 Å². The first-order chi connectivity index (χ1) is 24.6. The van der Waals surface area contributed by atoms with E-state index in [0.717, 1.165) is 45.3 Å². The highest BCUT2D eigenvalue weighted by Gasteiger charge is 2.40. The molecule has 0 bridgehead atoms. The molecule has 0 aliphatic heterocycles. The number of phenolic OH excluding ortho intramolecular Hbond substituents is 2. The molecule has 0 aliphatic carbocycles. The number of phenols is 2. The van der Waals surface area contributed by atoms with Gasteiger partial charge in [-0.05, 0) is 108 Å². The third-order valence-electron chi connectivity index (χ3n) is 9.76. The van der Waals surface area contributed by atoms with Gasteiger partial charge < -0.3 is 24.4 Å². The van der Waals surface area contributed by atoms with E-state index < -0.39 is 10.8 Å². The molecule has 0 aromatic heterocycles. The fraction of sp³-hybridized carbons (Fsp3) is 0.217. The topological polar surface area (TPSA) is 68.2 Å². The minimum Gasteiger partial charge on any atom is -0.508 e. The Morgan fingerprint density at radius 3 is 1.16 bits per heavy atom. The average Bonchev–Trinajstić information content (AvgIpc) is 3.12. The molecule has 0 radical (unpaired) electrons. The maximum Gasteiger partial charge on any atom is 0.127 e. The Morgan fingerprint density at radius 1 is 0.431 bits per heavy atom. The molecule has 5 nitrogen and oxygen atoms in total. The molecule has 260 valence electrons. The standard InChI is InChI=1S/C46H46O5/c1-45(2,35-21-25-37(47)26-22-35)43(31-33-13-11-19-41(29-33)49-39-15-7-5-8-16-39)51-44(46(3,4)36-23-27-38(48)28-24-36)32-34-14-12-20-42(30-34)50-40-17-9-6-10-18-40/h5-30,43-44,47-48H,31-32H2,1-4H3. The molecule has 0 heterocycles. The molecule has 0 aliphatic rings. The van der Waals surface area contributed by atoms with E-state index in [1.807, 2.05) is 109 Å². The first kappa shape index (κ1) is 35.3. The summed E-state index contributed by atoms with van der Waals surface area (Å²) < 4.78 is 19.9. The molecule has 5 heteroatoms. The minimum absolute atomic E-state index is 0.224. The molecule has 0 amide bonds. The maximum absolute atomic E-state index is 10.2. The normalized spacial score (nSPS) is 12.9. The van der Waals surface area contributed by atoms with Crippen LogP contribution in [0.4, 0.5) is 0 Å². The molecule has 0 saturated heterocycles. The van der Waals surface area contributed by atoms with Gasteiger partial charge in [0.05, 0.1) is 12.2 Å². The summed E-state index contributed by atoms with van der Waals surface area (Å²) in [6.45, 7) is 8.81. The first-order valence-electron chi connectivity index (χ1n) is 17.4. The number of benzene rings is 6. The zero-order valence-corrected chi connectivity index (χ0v) is 29.7. The molecule has 2 N–H and O–H groups in total. The molecule has 6 rings (SSSR count). The SMILES string of the molecule is CC(C)(c1ccc(O)cc1)C(Cc1cccc(Oc2ccccc2)c1)OC(Cc1cccc(Oc2ccccc2)c1)C(C)(C)c1ccc(O)cc1. The second-order valence-electron chi connectivity index (χ2n) is 14.2. The highest BCUT2D eigenvalue weighted by atomic mass is 16.5. The van der Waals surface area contributed by atoms with Gasteiger partial charge in [0.25, 0.3) is 0 Å². The predicted octanol–water partition coefficient (Wildman–Crippen LogP) is 11.2. The van der Waals surface area contributed by atoms with E-state index in [9.17, 15) is 10.2 Å². The lowest BCUT2D eigenvalue weighted by molar-refractivity contribution is -0.0753. The van der Waals surface area contributed by atoms with Crippen molar-refractivity contribution in [1.82, 2.24) is 0 Å². The van der Waals surface area contributed by atoms with Crippen molar-refractivity contribution in [3.05, 3.63) is 180 Å². The van der Waals surface area contributed by atoms with E-state index in [1.165, 1.54) is 0 Å². The molecule has 0 spiro atoms. The number of ether oxygens (including phenoxy) is 3. The summed E-state index contributed by atoms with van der Waals surface area (Å²) in [6.07, 6.45) is 0.636. The molecule has 51 heavy (non-hydrogen) atoms. The predicted molar refractivity (Wildman–Crippen MR) is 204 cm³/mol. The fourth-order valence-corrected chi connectivity index (χ4v) is 6.45. The number of rotatable bonds is 14. The lowest BCUT2D eigenvalue weighted by Crippen LogP contribution is -2.46. The summed E-state index contributed by atoms with van der Waals surface area (Å²) >= 11 is 0. The number of hydrogen-bond acceptors (Lipinski definition) is 5. The van der Waals surface area contributed by atoms with Crippen molar-refractivity contribution in [2.45, 2.75) is 63.6 Å². The summed E-state index contributed by atoms with van der Waals surface area (Å²) in [5.41, 5.74) is 3.35. The number of hydrogen-bond donors (Lipinski definition) is 2. The molecule has 6 aromatic rings. The van der Waals surface area contributed by atoms with E-state index >= 15 is 0 Å². The van der Waals surface area contributed by atoms with Crippen molar-refractivity contribution >= 4 is 0 Å². The van der Waals surface area contributed by atoms with E-state index in [0.29, 0.717) is 12.8 Å². The zero-order chi connectivity index (χ0) is 35.8. The Morgan fingerprint density at radius 2 is 0.784 bits per heavy atom. The van der Waals surface area contributed by atoms with E-state index in [1.54, 1.807) is 24.3 Å². The van der Waals surface area contributed by atoms with E-state index in [-0.39, 0.29) is 23.7 Å². The van der Waals surface area contributed by atoms with Crippen LogP contribution in [0.3, 0.4) is 0 Å². The second kappa shape index (κ2) is 15.6. The second-order valence-corrected chi connectivity index (χ2v) is 14.2. The molecule has 2 unspecified atom stereocenters. The van der Waals surface area contributed by atoms with Crippen LogP contribution in [-0.2, 0) is 28.4 Å². The van der Waals surface area contributed by atoms with Crippen LogP contribution >= 0.6 is 0 Å². The summed E-state index contributed by atoms with van der Waals surface area (Å²) in [7, 11) is 0. The van der Waals surface area contributed by atoms with Gasteiger partial charge in [0.2, 0.25) is 0 Å². The molecule has 0 fully saturated rings. The molecular formula is C46H46O5. The van der Waals surface area contributed by atoms with E-state index in [4.69, 9.17) is 14.2 Å². The third kappa shape index (κ3) is 8.99. The Labute approximate surface area is 301 Å². The maximum atomic E-state index is 10.2. The molecule has 0 saturated carbocycles.